The van der Waals surface area contributed by atoms with Crippen LogP contribution in [-0.2, 0) is 4.74 Å². The normalized spacial score (nSPS) is 14.1. The monoisotopic (exact) mass is 407 g/mol. The first kappa shape index (κ1) is 19.6. The fourth-order valence-electron chi connectivity index (χ4n) is 3.51. The molecular formula is C23H25N3O2S. The summed E-state index contributed by atoms with van der Waals surface area (Å²) in [6.07, 6.45) is 0. The van der Waals surface area contributed by atoms with Crippen LogP contribution in [0.4, 0.5) is 10.8 Å². The summed E-state index contributed by atoms with van der Waals surface area (Å²) in [6.45, 7) is 9.56. The lowest BCUT2D eigenvalue weighted by atomic mass is 9.99. The quantitative estimate of drug-likeness (QED) is 0.673. The molecule has 1 aromatic heterocycles. The van der Waals surface area contributed by atoms with Crippen molar-refractivity contribution in [2.45, 2.75) is 20.8 Å². The number of hydrogen-bond acceptors (Lipinski definition) is 5. The second-order valence-corrected chi connectivity index (χ2v) is 8.25. The van der Waals surface area contributed by atoms with Gasteiger partial charge in [0.05, 0.1) is 18.9 Å². The van der Waals surface area contributed by atoms with Gasteiger partial charge in [-0.1, -0.05) is 6.07 Å². The van der Waals surface area contributed by atoms with Crippen LogP contribution in [0.5, 0.6) is 0 Å². The lowest BCUT2D eigenvalue weighted by molar-refractivity contribution is 0.102. The number of carbonyl (C=O) groups is 1. The summed E-state index contributed by atoms with van der Waals surface area (Å²) in [5, 5.41) is 5.53. The molecular weight excluding hydrogens is 382 g/mol. The highest BCUT2D eigenvalue weighted by Gasteiger charge is 2.14. The van der Waals surface area contributed by atoms with Gasteiger partial charge in [0.2, 0.25) is 0 Å². The van der Waals surface area contributed by atoms with Crippen LogP contribution in [0.25, 0.3) is 11.3 Å². The molecule has 0 bridgehead atoms. The Morgan fingerprint density at radius 1 is 1.03 bits per heavy atom. The summed E-state index contributed by atoms with van der Waals surface area (Å²) >= 11 is 1.45. The number of thiazole rings is 1. The van der Waals surface area contributed by atoms with Crippen LogP contribution < -0.4 is 10.2 Å². The first-order valence-electron chi connectivity index (χ1n) is 9.79. The molecule has 0 spiro atoms. The number of amides is 1. The molecule has 1 aliphatic rings. The molecule has 1 fully saturated rings. The number of nitrogens with zero attached hydrogens (tertiary/aromatic N) is 2. The minimum Gasteiger partial charge on any atom is -0.378 e. The summed E-state index contributed by atoms with van der Waals surface area (Å²) in [7, 11) is 0. The number of morpholine rings is 1. The Labute approximate surface area is 175 Å². The molecule has 1 saturated heterocycles. The van der Waals surface area contributed by atoms with Crippen LogP contribution in [0.2, 0.25) is 0 Å². The maximum absolute atomic E-state index is 12.6. The maximum atomic E-state index is 12.6. The topological polar surface area (TPSA) is 54.5 Å². The van der Waals surface area contributed by atoms with Gasteiger partial charge in [-0.2, -0.15) is 0 Å². The Kier molecular flexibility index (Phi) is 5.65. The van der Waals surface area contributed by atoms with Crippen LogP contribution >= 0.6 is 11.3 Å². The zero-order chi connectivity index (χ0) is 20.4. The molecule has 1 amide bonds. The zero-order valence-electron chi connectivity index (χ0n) is 17.0. The lowest BCUT2D eigenvalue weighted by Gasteiger charge is -2.28. The minimum absolute atomic E-state index is 0.142. The van der Waals surface area contributed by atoms with Gasteiger partial charge in [-0.15, -0.1) is 11.3 Å². The molecule has 0 saturated carbocycles. The predicted molar refractivity (Wildman–Crippen MR) is 119 cm³/mol. The zero-order valence-corrected chi connectivity index (χ0v) is 17.8. The van der Waals surface area contributed by atoms with E-state index >= 15 is 0 Å². The number of benzene rings is 2. The number of nitrogens with one attached hydrogen (secondary N) is 1. The van der Waals surface area contributed by atoms with Crippen molar-refractivity contribution in [3.63, 3.8) is 0 Å². The van der Waals surface area contributed by atoms with E-state index in [1.807, 2.05) is 29.6 Å². The summed E-state index contributed by atoms with van der Waals surface area (Å²) in [4.78, 5) is 19.5. The molecule has 0 radical (unpaired) electrons. The van der Waals surface area contributed by atoms with Crippen LogP contribution in [0, 0.1) is 20.8 Å². The van der Waals surface area contributed by atoms with Gasteiger partial charge in [0.25, 0.3) is 5.91 Å². The minimum atomic E-state index is -0.142. The highest BCUT2D eigenvalue weighted by molar-refractivity contribution is 7.14. The van der Waals surface area contributed by atoms with Crippen molar-refractivity contribution >= 4 is 28.1 Å². The molecule has 4 rings (SSSR count). The van der Waals surface area contributed by atoms with Gasteiger partial charge >= 0.3 is 0 Å². The molecule has 1 aliphatic heterocycles. The van der Waals surface area contributed by atoms with Crippen molar-refractivity contribution in [1.29, 1.82) is 0 Å². The van der Waals surface area contributed by atoms with Crippen molar-refractivity contribution < 1.29 is 9.53 Å². The average Bonchev–Trinajstić information content (AvgIpc) is 3.19. The van der Waals surface area contributed by atoms with Gasteiger partial charge in [-0.25, -0.2) is 4.98 Å². The Morgan fingerprint density at radius 3 is 2.45 bits per heavy atom. The molecule has 150 valence electrons. The molecule has 0 unspecified atom stereocenters. The number of aryl methyl sites for hydroxylation is 3. The van der Waals surface area contributed by atoms with E-state index in [-0.39, 0.29) is 5.91 Å². The van der Waals surface area contributed by atoms with E-state index in [0.717, 1.165) is 43.2 Å². The van der Waals surface area contributed by atoms with Crippen molar-refractivity contribution in [2.24, 2.45) is 0 Å². The summed E-state index contributed by atoms with van der Waals surface area (Å²) in [5.41, 5.74) is 7.45. The summed E-state index contributed by atoms with van der Waals surface area (Å²) in [5.74, 6) is -0.142. The average molecular weight is 408 g/mol. The van der Waals surface area contributed by atoms with Crippen LogP contribution in [0.1, 0.15) is 27.0 Å². The van der Waals surface area contributed by atoms with E-state index in [2.05, 4.69) is 48.1 Å². The van der Waals surface area contributed by atoms with E-state index in [0.29, 0.717) is 10.7 Å². The van der Waals surface area contributed by atoms with Crippen molar-refractivity contribution in [3.8, 4) is 11.3 Å². The standard InChI is InChI=1S/C23H25N3O2S/c1-15-12-17(3)20(13-16(15)2)21-14-29-23(24-21)25-22(27)18-4-6-19(7-5-18)26-8-10-28-11-9-26/h4-7,12-14H,8-11H2,1-3H3,(H,24,25,27). The SMILES string of the molecule is Cc1cc(C)c(-c2csc(NC(=O)c3ccc(N4CCOCC4)cc3)n2)cc1C. The second-order valence-electron chi connectivity index (χ2n) is 7.39. The third-order valence-electron chi connectivity index (χ3n) is 5.35. The van der Waals surface area contributed by atoms with Crippen LogP contribution in [0.3, 0.4) is 0 Å². The summed E-state index contributed by atoms with van der Waals surface area (Å²) < 4.78 is 5.39. The molecule has 6 heteroatoms. The van der Waals surface area contributed by atoms with Gasteiger partial charge in [0.15, 0.2) is 5.13 Å². The fraction of sp³-hybridized carbons (Fsp3) is 0.304. The Balaban J connectivity index is 1.46. The molecule has 29 heavy (non-hydrogen) atoms. The van der Waals surface area contributed by atoms with Crippen molar-refractivity contribution in [1.82, 2.24) is 4.98 Å². The third kappa shape index (κ3) is 4.33. The number of aromatic nitrogens is 1. The molecule has 2 aromatic carbocycles. The first-order chi connectivity index (χ1) is 14.0. The van der Waals surface area contributed by atoms with E-state index < -0.39 is 0 Å². The maximum Gasteiger partial charge on any atom is 0.257 e. The number of hydrogen-bond donors (Lipinski definition) is 1. The fourth-order valence-corrected chi connectivity index (χ4v) is 4.21. The van der Waals surface area contributed by atoms with Gasteiger partial charge in [-0.05, 0) is 67.8 Å². The van der Waals surface area contributed by atoms with E-state index in [4.69, 9.17) is 4.74 Å². The second kappa shape index (κ2) is 8.35. The predicted octanol–water partition coefficient (Wildman–Crippen LogP) is 4.82. The largest absolute Gasteiger partial charge is 0.378 e. The number of anilines is 2. The molecule has 3 aromatic rings. The number of ether oxygens (including phenoxy) is 1. The number of rotatable bonds is 4. The molecule has 1 N–H and O–H groups in total. The molecule has 2 heterocycles. The smallest absolute Gasteiger partial charge is 0.257 e. The van der Waals surface area contributed by atoms with Gasteiger partial charge in [0, 0.05) is 35.3 Å². The Hall–Kier alpha value is -2.70. The molecule has 5 nitrogen and oxygen atoms in total. The van der Waals surface area contributed by atoms with E-state index in [1.165, 1.54) is 28.0 Å². The Bertz CT molecular complexity index is 1020. The lowest BCUT2D eigenvalue weighted by Crippen LogP contribution is -2.36. The van der Waals surface area contributed by atoms with Crippen LogP contribution in [-0.4, -0.2) is 37.2 Å². The Morgan fingerprint density at radius 2 is 1.72 bits per heavy atom. The molecule has 0 aliphatic carbocycles. The highest BCUT2D eigenvalue weighted by atomic mass is 32.1. The van der Waals surface area contributed by atoms with Gasteiger partial charge in [-0.3, -0.25) is 10.1 Å². The highest BCUT2D eigenvalue weighted by Crippen LogP contribution is 2.29. The van der Waals surface area contributed by atoms with E-state index in [1.54, 1.807) is 0 Å². The summed E-state index contributed by atoms with van der Waals surface area (Å²) in [6, 6.07) is 12.1. The van der Waals surface area contributed by atoms with Crippen LogP contribution in [0.15, 0.2) is 41.8 Å². The van der Waals surface area contributed by atoms with Gasteiger partial charge < -0.3 is 9.64 Å². The number of carbonyl (C=O) groups excluding carboxylic acids is 1. The van der Waals surface area contributed by atoms with E-state index in [9.17, 15) is 4.79 Å². The van der Waals surface area contributed by atoms with Crippen molar-refractivity contribution in [3.05, 3.63) is 64.0 Å². The molecule has 0 atom stereocenters. The third-order valence-corrected chi connectivity index (χ3v) is 6.10. The van der Waals surface area contributed by atoms with Crippen molar-refractivity contribution in [2.75, 3.05) is 36.5 Å². The van der Waals surface area contributed by atoms with Gasteiger partial charge in [0.1, 0.15) is 0 Å². The first-order valence-corrected chi connectivity index (χ1v) is 10.7.